The SMILES string of the molecule is CNC(CN1CC(C)OC(C)(C)C1)c1ccc(OC)cc1. The second kappa shape index (κ2) is 6.77. The van der Waals surface area contributed by atoms with Gasteiger partial charge in [-0.2, -0.15) is 0 Å². The molecule has 1 saturated heterocycles. The molecule has 4 heteroatoms. The molecule has 2 unspecified atom stereocenters. The highest BCUT2D eigenvalue weighted by atomic mass is 16.5. The average molecular weight is 292 g/mol. The minimum Gasteiger partial charge on any atom is -0.497 e. The quantitative estimate of drug-likeness (QED) is 0.904. The van der Waals surface area contributed by atoms with E-state index in [0.29, 0.717) is 6.04 Å². The fourth-order valence-electron chi connectivity index (χ4n) is 3.18. The molecule has 2 rings (SSSR count). The summed E-state index contributed by atoms with van der Waals surface area (Å²) < 4.78 is 11.2. The number of nitrogens with one attached hydrogen (secondary N) is 1. The molecule has 1 N–H and O–H groups in total. The number of morpholine rings is 1. The van der Waals surface area contributed by atoms with Gasteiger partial charge < -0.3 is 14.8 Å². The van der Waals surface area contributed by atoms with Crippen LogP contribution in [-0.2, 0) is 4.74 Å². The Balaban J connectivity index is 2.04. The first kappa shape index (κ1) is 16.3. The Labute approximate surface area is 128 Å². The maximum atomic E-state index is 5.98. The molecular weight excluding hydrogens is 264 g/mol. The van der Waals surface area contributed by atoms with Gasteiger partial charge in [0.25, 0.3) is 0 Å². The molecule has 1 heterocycles. The van der Waals surface area contributed by atoms with Gasteiger partial charge in [-0.3, -0.25) is 4.90 Å². The number of hydrogen-bond donors (Lipinski definition) is 1. The third-order valence-corrected chi connectivity index (χ3v) is 3.95. The van der Waals surface area contributed by atoms with Crippen LogP contribution in [0.3, 0.4) is 0 Å². The second-order valence-electron chi connectivity index (χ2n) is 6.50. The molecule has 1 fully saturated rings. The van der Waals surface area contributed by atoms with E-state index in [2.05, 4.69) is 43.1 Å². The zero-order valence-corrected chi connectivity index (χ0v) is 13.8. The topological polar surface area (TPSA) is 33.7 Å². The van der Waals surface area contributed by atoms with E-state index < -0.39 is 0 Å². The Kier molecular flexibility index (Phi) is 5.25. The smallest absolute Gasteiger partial charge is 0.118 e. The maximum absolute atomic E-state index is 5.98. The van der Waals surface area contributed by atoms with Crippen LogP contribution in [0.15, 0.2) is 24.3 Å². The summed E-state index contributed by atoms with van der Waals surface area (Å²) in [6.45, 7) is 9.41. The maximum Gasteiger partial charge on any atom is 0.118 e. The summed E-state index contributed by atoms with van der Waals surface area (Å²) in [5, 5.41) is 3.42. The standard InChI is InChI=1S/C17H28N2O2/c1-13-10-19(12-17(2,3)21-13)11-16(18-4)14-6-8-15(20-5)9-7-14/h6-9,13,16,18H,10-12H2,1-5H3. The van der Waals surface area contributed by atoms with Crippen molar-refractivity contribution in [2.75, 3.05) is 33.8 Å². The lowest BCUT2D eigenvalue weighted by atomic mass is 10.0. The highest BCUT2D eigenvalue weighted by molar-refractivity contribution is 5.29. The molecule has 1 aromatic carbocycles. The lowest BCUT2D eigenvalue weighted by Crippen LogP contribution is -2.53. The Morgan fingerprint density at radius 2 is 2.05 bits per heavy atom. The molecule has 0 aromatic heterocycles. The van der Waals surface area contributed by atoms with Gasteiger partial charge in [0.1, 0.15) is 5.75 Å². The van der Waals surface area contributed by atoms with Crippen molar-refractivity contribution in [3.05, 3.63) is 29.8 Å². The summed E-state index contributed by atoms with van der Waals surface area (Å²) in [7, 11) is 3.71. The van der Waals surface area contributed by atoms with Gasteiger partial charge in [-0.25, -0.2) is 0 Å². The second-order valence-corrected chi connectivity index (χ2v) is 6.50. The summed E-state index contributed by atoms with van der Waals surface area (Å²) >= 11 is 0. The number of hydrogen-bond acceptors (Lipinski definition) is 4. The number of likely N-dealkylation sites (N-methyl/N-ethyl adjacent to an activating group) is 1. The zero-order chi connectivity index (χ0) is 15.5. The predicted octanol–water partition coefficient (Wildman–Crippen LogP) is 2.46. The van der Waals surface area contributed by atoms with E-state index in [1.165, 1.54) is 5.56 Å². The molecule has 0 amide bonds. The van der Waals surface area contributed by atoms with E-state index in [1.807, 2.05) is 19.2 Å². The van der Waals surface area contributed by atoms with Gasteiger partial charge in [0.05, 0.1) is 18.8 Å². The molecule has 1 aliphatic heterocycles. The largest absolute Gasteiger partial charge is 0.497 e. The van der Waals surface area contributed by atoms with Gasteiger partial charge in [-0.15, -0.1) is 0 Å². The molecular formula is C17H28N2O2. The zero-order valence-electron chi connectivity index (χ0n) is 13.8. The first-order valence-corrected chi connectivity index (χ1v) is 7.65. The van der Waals surface area contributed by atoms with Gasteiger partial charge >= 0.3 is 0 Å². The number of rotatable bonds is 5. The summed E-state index contributed by atoms with van der Waals surface area (Å²) in [5.41, 5.74) is 1.21. The molecule has 118 valence electrons. The first-order chi connectivity index (χ1) is 9.93. The van der Waals surface area contributed by atoms with Gasteiger partial charge in [0, 0.05) is 25.7 Å². The molecule has 0 saturated carbocycles. The van der Waals surface area contributed by atoms with Crippen molar-refractivity contribution in [1.82, 2.24) is 10.2 Å². The summed E-state index contributed by atoms with van der Waals surface area (Å²) in [5.74, 6) is 0.898. The molecule has 4 nitrogen and oxygen atoms in total. The Bertz CT molecular complexity index is 445. The van der Waals surface area contributed by atoms with E-state index in [9.17, 15) is 0 Å². The fourth-order valence-corrected chi connectivity index (χ4v) is 3.18. The minimum absolute atomic E-state index is 0.0735. The third-order valence-electron chi connectivity index (χ3n) is 3.95. The Morgan fingerprint density at radius 3 is 2.57 bits per heavy atom. The lowest BCUT2D eigenvalue weighted by molar-refractivity contribution is -0.129. The van der Waals surface area contributed by atoms with Crippen molar-refractivity contribution < 1.29 is 9.47 Å². The van der Waals surface area contributed by atoms with Gasteiger partial charge in [0.2, 0.25) is 0 Å². The third kappa shape index (κ3) is 4.43. The minimum atomic E-state index is -0.0735. The van der Waals surface area contributed by atoms with Crippen LogP contribution in [0.4, 0.5) is 0 Å². The summed E-state index contributed by atoms with van der Waals surface area (Å²) in [6, 6.07) is 8.62. The molecule has 0 radical (unpaired) electrons. The van der Waals surface area contributed by atoms with Crippen molar-refractivity contribution in [3.8, 4) is 5.75 Å². The highest BCUT2D eigenvalue weighted by Gasteiger charge is 2.32. The van der Waals surface area contributed by atoms with Crippen molar-refractivity contribution in [2.24, 2.45) is 0 Å². The first-order valence-electron chi connectivity index (χ1n) is 7.65. The number of methoxy groups -OCH3 is 1. The van der Waals surface area contributed by atoms with Crippen LogP contribution in [0.25, 0.3) is 0 Å². The Hall–Kier alpha value is -1.10. The predicted molar refractivity (Wildman–Crippen MR) is 85.9 cm³/mol. The molecule has 0 spiro atoms. The van der Waals surface area contributed by atoms with Crippen molar-refractivity contribution in [3.63, 3.8) is 0 Å². The normalized spacial score (nSPS) is 23.8. The highest BCUT2D eigenvalue weighted by Crippen LogP contribution is 2.24. The van der Waals surface area contributed by atoms with Gasteiger partial charge in [0.15, 0.2) is 0 Å². The van der Waals surface area contributed by atoms with E-state index in [-0.39, 0.29) is 11.7 Å². The molecule has 21 heavy (non-hydrogen) atoms. The summed E-state index contributed by atoms with van der Waals surface area (Å²) in [6.07, 6.45) is 0.280. The van der Waals surface area contributed by atoms with Crippen LogP contribution >= 0.6 is 0 Å². The van der Waals surface area contributed by atoms with Crippen LogP contribution < -0.4 is 10.1 Å². The van der Waals surface area contributed by atoms with E-state index in [0.717, 1.165) is 25.4 Å². The van der Waals surface area contributed by atoms with Gasteiger partial charge in [-0.1, -0.05) is 12.1 Å². The van der Waals surface area contributed by atoms with E-state index in [1.54, 1.807) is 7.11 Å². The van der Waals surface area contributed by atoms with Gasteiger partial charge in [-0.05, 0) is 45.5 Å². The fraction of sp³-hybridized carbons (Fsp3) is 0.647. The van der Waals surface area contributed by atoms with Crippen LogP contribution in [0.5, 0.6) is 5.75 Å². The van der Waals surface area contributed by atoms with Crippen LogP contribution in [-0.4, -0.2) is 50.4 Å². The number of ether oxygens (including phenoxy) is 2. The number of benzene rings is 1. The molecule has 0 aliphatic carbocycles. The van der Waals surface area contributed by atoms with Crippen molar-refractivity contribution in [1.29, 1.82) is 0 Å². The van der Waals surface area contributed by atoms with E-state index >= 15 is 0 Å². The van der Waals surface area contributed by atoms with Crippen LogP contribution in [0.1, 0.15) is 32.4 Å². The molecule has 1 aliphatic rings. The molecule has 0 bridgehead atoms. The summed E-state index contributed by atoms with van der Waals surface area (Å²) in [4.78, 5) is 2.49. The molecule has 2 atom stereocenters. The number of nitrogens with zero attached hydrogens (tertiary/aromatic N) is 1. The van der Waals surface area contributed by atoms with Crippen molar-refractivity contribution >= 4 is 0 Å². The van der Waals surface area contributed by atoms with Crippen LogP contribution in [0.2, 0.25) is 0 Å². The van der Waals surface area contributed by atoms with E-state index in [4.69, 9.17) is 9.47 Å². The lowest BCUT2D eigenvalue weighted by Gasteiger charge is -2.43. The van der Waals surface area contributed by atoms with Crippen LogP contribution in [0, 0.1) is 0 Å². The monoisotopic (exact) mass is 292 g/mol. The van der Waals surface area contributed by atoms with Crippen molar-refractivity contribution in [2.45, 2.75) is 38.5 Å². The Morgan fingerprint density at radius 1 is 1.38 bits per heavy atom. The molecule has 1 aromatic rings. The average Bonchev–Trinajstić information content (AvgIpc) is 2.43.